The Morgan fingerprint density at radius 1 is 0.852 bits per heavy atom. The topological polar surface area (TPSA) is 96.0 Å². The van der Waals surface area contributed by atoms with Crippen molar-refractivity contribution in [2.75, 3.05) is 16.0 Å². The minimum Gasteiger partial charge on any atom is -0.326 e. The van der Waals surface area contributed by atoms with Crippen molar-refractivity contribution in [2.24, 2.45) is 0 Å². The molecule has 3 aromatic rings. The summed E-state index contributed by atoms with van der Waals surface area (Å²) in [5.41, 5.74) is 3.57. The van der Waals surface area contributed by atoms with Crippen molar-refractivity contribution in [3.05, 3.63) is 72.1 Å². The van der Waals surface area contributed by atoms with E-state index in [4.69, 9.17) is 0 Å². The van der Waals surface area contributed by atoms with Crippen LogP contribution in [-0.2, 0) is 4.79 Å². The summed E-state index contributed by atoms with van der Waals surface area (Å²) in [4.78, 5) is 31.7. The molecule has 2 amide bonds. The zero-order valence-electron chi connectivity index (χ0n) is 15.0. The van der Waals surface area contributed by atoms with E-state index in [1.54, 1.807) is 24.3 Å². The lowest BCUT2D eigenvalue weighted by molar-refractivity contribution is -0.114. The van der Waals surface area contributed by atoms with E-state index >= 15 is 0 Å². The number of anilines is 4. The predicted molar refractivity (Wildman–Crippen MR) is 105 cm³/mol. The van der Waals surface area contributed by atoms with Gasteiger partial charge in [-0.1, -0.05) is 18.2 Å². The van der Waals surface area contributed by atoms with Gasteiger partial charge in [-0.15, -0.1) is 0 Å². The summed E-state index contributed by atoms with van der Waals surface area (Å²) in [6.07, 6.45) is 2.93. The number of amides is 2. The highest BCUT2D eigenvalue weighted by Gasteiger charge is 2.09. The van der Waals surface area contributed by atoms with Gasteiger partial charge in [0, 0.05) is 36.4 Å². The van der Waals surface area contributed by atoms with Gasteiger partial charge >= 0.3 is 0 Å². The van der Waals surface area contributed by atoms with Crippen LogP contribution in [0.1, 0.15) is 22.8 Å². The van der Waals surface area contributed by atoms with Gasteiger partial charge in [0.15, 0.2) is 0 Å². The Kier molecular flexibility index (Phi) is 5.41. The molecule has 0 aliphatic rings. The van der Waals surface area contributed by atoms with Crippen molar-refractivity contribution in [2.45, 2.75) is 13.8 Å². The summed E-state index contributed by atoms with van der Waals surface area (Å²) >= 11 is 0. The van der Waals surface area contributed by atoms with Gasteiger partial charge in [-0.25, -0.2) is 9.97 Å². The first-order valence-corrected chi connectivity index (χ1v) is 8.35. The van der Waals surface area contributed by atoms with Crippen LogP contribution >= 0.6 is 0 Å². The maximum absolute atomic E-state index is 12.3. The fourth-order valence-corrected chi connectivity index (χ4v) is 2.39. The predicted octanol–water partition coefficient (Wildman–Crippen LogP) is 3.74. The smallest absolute Gasteiger partial charge is 0.258 e. The standard InChI is InChI=1S/C20H19N5O2/c1-13-5-3-4-6-18(13)25-19(27)15-11-21-20(22-12-15)24-17-9-7-16(8-10-17)23-14(2)26/h3-12H,1-2H3,(H,23,26)(H,25,27)(H,21,22,24). The normalized spacial score (nSPS) is 10.1. The summed E-state index contributed by atoms with van der Waals surface area (Å²) in [6, 6.07) is 14.7. The second-order valence-electron chi connectivity index (χ2n) is 5.95. The number of para-hydroxylation sites is 1. The molecule has 0 radical (unpaired) electrons. The van der Waals surface area contributed by atoms with Gasteiger partial charge in [0.2, 0.25) is 11.9 Å². The van der Waals surface area contributed by atoms with Gasteiger partial charge in [0.25, 0.3) is 5.91 Å². The lowest BCUT2D eigenvalue weighted by Crippen LogP contribution is -2.13. The molecule has 7 nitrogen and oxygen atoms in total. The van der Waals surface area contributed by atoms with E-state index in [0.717, 1.165) is 16.9 Å². The third-order valence-electron chi connectivity index (χ3n) is 3.77. The molecule has 0 bridgehead atoms. The summed E-state index contributed by atoms with van der Waals surface area (Å²) < 4.78 is 0. The highest BCUT2D eigenvalue weighted by atomic mass is 16.2. The third kappa shape index (κ3) is 4.88. The maximum atomic E-state index is 12.3. The van der Waals surface area contributed by atoms with Crippen molar-refractivity contribution >= 4 is 34.8 Å². The molecule has 1 aromatic heterocycles. The monoisotopic (exact) mass is 361 g/mol. The average Bonchev–Trinajstić information content (AvgIpc) is 2.65. The molecule has 0 saturated carbocycles. The SMILES string of the molecule is CC(=O)Nc1ccc(Nc2ncc(C(=O)Nc3ccccc3C)cn2)cc1. The van der Waals surface area contributed by atoms with Crippen LogP contribution in [-0.4, -0.2) is 21.8 Å². The number of hydrogen-bond donors (Lipinski definition) is 3. The minimum absolute atomic E-state index is 0.126. The van der Waals surface area contributed by atoms with Gasteiger partial charge < -0.3 is 16.0 Å². The molecular weight excluding hydrogens is 342 g/mol. The quantitative estimate of drug-likeness (QED) is 0.643. The van der Waals surface area contributed by atoms with Gasteiger partial charge in [0.1, 0.15) is 0 Å². The highest BCUT2D eigenvalue weighted by Crippen LogP contribution is 2.17. The molecule has 3 N–H and O–H groups in total. The zero-order chi connectivity index (χ0) is 19.2. The van der Waals surface area contributed by atoms with E-state index in [2.05, 4.69) is 25.9 Å². The molecule has 0 aliphatic heterocycles. The Labute approximate surface area is 156 Å². The Balaban J connectivity index is 1.64. The van der Waals surface area contributed by atoms with Crippen molar-refractivity contribution in [1.29, 1.82) is 0 Å². The number of rotatable bonds is 5. The molecule has 0 saturated heterocycles. The van der Waals surface area contributed by atoms with Crippen LogP contribution in [0.5, 0.6) is 0 Å². The van der Waals surface area contributed by atoms with Gasteiger partial charge in [-0.2, -0.15) is 0 Å². The van der Waals surface area contributed by atoms with E-state index in [-0.39, 0.29) is 11.8 Å². The first-order valence-electron chi connectivity index (χ1n) is 8.35. The van der Waals surface area contributed by atoms with Crippen LogP contribution < -0.4 is 16.0 Å². The number of nitrogens with zero attached hydrogens (tertiary/aromatic N) is 2. The molecule has 0 unspecified atom stereocenters. The molecule has 136 valence electrons. The molecule has 27 heavy (non-hydrogen) atoms. The number of hydrogen-bond acceptors (Lipinski definition) is 5. The number of aromatic nitrogens is 2. The van der Waals surface area contributed by atoms with Crippen molar-refractivity contribution in [3.8, 4) is 0 Å². The fraction of sp³-hybridized carbons (Fsp3) is 0.100. The number of aryl methyl sites for hydroxylation is 1. The van der Waals surface area contributed by atoms with E-state index < -0.39 is 0 Å². The number of carbonyl (C=O) groups excluding carboxylic acids is 2. The van der Waals surface area contributed by atoms with E-state index in [0.29, 0.717) is 17.2 Å². The lowest BCUT2D eigenvalue weighted by Gasteiger charge is -2.09. The van der Waals surface area contributed by atoms with Crippen LogP contribution in [0.15, 0.2) is 60.9 Å². The molecule has 0 fully saturated rings. The lowest BCUT2D eigenvalue weighted by atomic mass is 10.2. The zero-order valence-corrected chi connectivity index (χ0v) is 15.0. The van der Waals surface area contributed by atoms with E-state index in [1.807, 2.05) is 31.2 Å². The molecule has 0 aliphatic carbocycles. The van der Waals surface area contributed by atoms with Crippen molar-refractivity contribution in [1.82, 2.24) is 9.97 Å². The highest BCUT2D eigenvalue weighted by molar-refractivity contribution is 6.04. The summed E-state index contributed by atoms with van der Waals surface area (Å²) in [5.74, 6) is -0.0242. The second-order valence-corrected chi connectivity index (χ2v) is 5.95. The summed E-state index contributed by atoms with van der Waals surface area (Å²) in [5, 5.41) is 8.58. The fourth-order valence-electron chi connectivity index (χ4n) is 2.39. The Bertz CT molecular complexity index is 953. The number of carbonyl (C=O) groups is 2. The molecule has 2 aromatic carbocycles. The van der Waals surface area contributed by atoms with Crippen LogP contribution in [0.4, 0.5) is 23.0 Å². The average molecular weight is 361 g/mol. The summed E-state index contributed by atoms with van der Waals surface area (Å²) in [7, 11) is 0. The first kappa shape index (κ1) is 18.1. The molecular formula is C20H19N5O2. The summed E-state index contributed by atoms with van der Waals surface area (Å²) in [6.45, 7) is 3.38. The Hall–Kier alpha value is -3.74. The van der Waals surface area contributed by atoms with Gasteiger partial charge in [0.05, 0.1) is 5.56 Å². The molecule has 1 heterocycles. The van der Waals surface area contributed by atoms with Crippen LogP contribution in [0.3, 0.4) is 0 Å². The van der Waals surface area contributed by atoms with Gasteiger partial charge in [-0.3, -0.25) is 9.59 Å². The van der Waals surface area contributed by atoms with Crippen LogP contribution in [0.2, 0.25) is 0 Å². The number of benzene rings is 2. The third-order valence-corrected chi connectivity index (χ3v) is 3.77. The molecule has 0 spiro atoms. The number of nitrogens with one attached hydrogen (secondary N) is 3. The van der Waals surface area contributed by atoms with E-state index in [1.165, 1.54) is 19.3 Å². The van der Waals surface area contributed by atoms with Gasteiger partial charge in [-0.05, 0) is 42.8 Å². The maximum Gasteiger partial charge on any atom is 0.258 e. The minimum atomic E-state index is -0.268. The van der Waals surface area contributed by atoms with E-state index in [9.17, 15) is 9.59 Å². The Morgan fingerprint density at radius 3 is 2.11 bits per heavy atom. The largest absolute Gasteiger partial charge is 0.326 e. The Morgan fingerprint density at radius 2 is 1.48 bits per heavy atom. The van der Waals surface area contributed by atoms with Crippen molar-refractivity contribution < 1.29 is 9.59 Å². The van der Waals surface area contributed by atoms with Crippen LogP contribution in [0.25, 0.3) is 0 Å². The first-order chi connectivity index (χ1) is 13.0. The van der Waals surface area contributed by atoms with Crippen LogP contribution in [0, 0.1) is 6.92 Å². The molecule has 7 heteroatoms. The molecule has 0 atom stereocenters. The second kappa shape index (κ2) is 8.09. The molecule has 3 rings (SSSR count). The van der Waals surface area contributed by atoms with Crippen molar-refractivity contribution in [3.63, 3.8) is 0 Å².